The number of para-hydroxylation sites is 2. The van der Waals surface area contributed by atoms with Gasteiger partial charge in [-0.2, -0.15) is 0 Å². The predicted molar refractivity (Wildman–Crippen MR) is 147 cm³/mol. The number of ether oxygens (including phenoxy) is 2. The molecule has 0 saturated carbocycles. The third-order valence-electron chi connectivity index (χ3n) is 5.51. The van der Waals surface area contributed by atoms with Gasteiger partial charge in [0.2, 0.25) is 0 Å². The number of hydrogen-bond acceptors (Lipinski definition) is 4. The molecule has 0 aliphatic rings. The molecule has 0 amide bonds. The van der Waals surface area contributed by atoms with E-state index in [-0.39, 0.29) is 38.2 Å². The molecule has 190 valence electrons. The molecule has 4 aromatic rings. The molecule has 0 radical (unpaired) electrons. The first-order chi connectivity index (χ1) is 16.8. The molecule has 0 fully saturated rings. The number of carbonyl (C=O) groups excluding carboxylic acids is 2. The second-order valence-corrected chi connectivity index (χ2v) is 16.6. The van der Waals surface area contributed by atoms with Gasteiger partial charge in [-0.1, -0.05) is 0 Å². The van der Waals surface area contributed by atoms with Crippen molar-refractivity contribution in [3.8, 4) is 0 Å². The van der Waals surface area contributed by atoms with Crippen LogP contribution in [0.25, 0.3) is 21.8 Å². The van der Waals surface area contributed by atoms with E-state index in [1.54, 1.807) is 0 Å². The summed E-state index contributed by atoms with van der Waals surface area (Å²) in [6.45, 7) is 11.3. The summed E-state index contributed by atoms with van der Waals surface area (Å²) >= 11 is -0.211. The Morgan fingerprint density at radius 1 is 0.639 bits per heavy atom. The fourth-order valence-corrected chi connectivity index (χ4v) is 12.4. The van der Waals surface area contributed by atoms with Gasteiger partial charge in [-0.15, -0.1) is 0 Å². The van der Waals surface area contributed by atoms with Crippen molar-refractivity contribution in [3.05, 3.63) is 59.7 Å². The van der Waals surface area contributed by atoms with Crippen LogP contribution in [0.2, 0.25) is 0 Å². The first-order valence-corrected chi connectivity index (χ1v) is 17.8. The Morgan fingerprint density at radius 2 is 0.972 bits per heavy atom. The summed E-state index contributed by atoms with van der Waals surface area (Å²) in [6, 6.07) is 15.9. The van der Waals surface area contributed by atoms with E-state index in [2.05, 4.69) is 9.13 Å². The standard InChI is InChI=1S/C28H32N2O4Se2/c1-27(2,3)33-25(31)21-17-13-9-11-15-19(17)29(7)23(21)35-36-24-22(26(32)34-28(4,5)6)18-14-10-12-16-20(18)30(24)8/h9-16H,1-8H3. The normalized spacial score (nSPS) is 12.3. The third kappa shape index (κ3) is 5.28. The van der Waals surface area contributed by atoms with Gasteiger partial charge in [-0.05, 0) is 0 Å². The van der Waals surface area contributed by atoms with Gasteiger partial charge in [-0.25, -0.2) is 0 Å². The van der Waals surface area contributed by atoms with Crippen LogP contribution in [0.4, 0.5) is 0 Å². The first kappa shape index (κ1) is 26.6. The Labute approximate surface area is 223 Å². The number of benzene rings is 2. The molecule has 2 aromatic carbocycles. The van der Waals surface area contributed by atoms with Crippen LogP contribution >= 0.6 is 0 Å². The summed E-state index contributed by atoms with van der Waals surface area (Å²) in [5.41, 5.74) is 2.06. The number of carbonyl (C=O) groups is 2. The van der Waals surface area contributed by atoms with Crippen LogP contribution in [0.1, 0.15) is 62.3 Å². The summed E-state index contributed by atoms with van der Waals surface area (Å²) in [7, 11) is 4.00. The fraction of sp³-hybridized carbons (Fsp3) is 0.357. The van der Waals surface area contributed by atoms with Crippen LogP contribution in [0.3, 0.4) is 0 Å². The van der Waals surface area contributed by atoms with E-state index in [4.69, 9.17) is 9.47 Å². The molecule has 0 atom stereocenters. The molecule has 36 heavy (non-hydrogen) atoms. The Morgan fingerprint density at radius 3 is 1.31 bits per heavy atom. The van der Waals surface area contributed by atoms with E-state index >= 15 is 0 Å². The zero-order valence-corrected chi connectivity index (χ0v) is 25.4. The number of esters is 2. The molecular weight excluding hydrogens is 586 g/mol. The Hall–Kier alpha value is -2.50. The maximum absolute atomic E-state index is 13.4. The maximum atomic E-state index is 13.4. The second kappa shape index (κ2) is 9.75. The summed E-state index contributed by atoms with van der Waals surface area (Å²) in [5, 5.41) is 1.79. The van der Waals surface area contributed by atoms with Crippen LogP contribution in [-0.2, 0) is 23.6 Å². The number of fused-ring (bicyclic) bond motifs is 2. The molecule has 0 N–H and O–H groups in total. The van der Waals surface area contributed by atoms with Gasteiger partial charge in [-0.3, -0.25) is 0 Å². The van der Waals surface area contributed by atoms with Crippen LogP contribution < -0.4 is 9.18 Å². The molecule has 8 heteroatoms. The summed E-state index contributed by atoms with van der Waals surface area (Å²) in [6.07, 6.45) is 0. The number of nitrogens with zero attached hydrogens (tertiary/aromatic N) is 2. The van der Waals surface area contributed by atoms with E-state index in [9.17, 15) is 9.59 Å². The van der Waals surface area contributed by atoms with E-state index in [0.29, 0.717) is 11.1 Å². The minimum absolute atomic E-state index is 0.105. The summed E-state index contributed by atoms with van der Waals surface area (Å²) < 4.78 is 17.8. The van der Waals surface area contributed by atoms with Crippen molar-refractivity contribution >= 4 is 69.2 Å². The third-order valence-corrected chi connectivity index (χ3v) is 12.7. The molecule has 6 nitrogen and oxygen atoms in total. The van der Waals surface area contributed by atoms with Gasteiger partial charge in [0, 0.05) is 0 Å². The zero-order chi connectivity index (χ0) is 26.4. The van der Waals surface area contributed by atoms with Crippen molar-refractivity contribution in [3.63, 3.8) is 0 Å². The fourth-order valence-electron chi connectivity index (χ4n) is 4.07. The van der Waals surface area contributed by atoms with Gasteiger partial charge in [0.25, 0.3) is 0 Å². The van der Waals surface area contributed by atoms with Crippen molar-refractivity contribution < 1.29 is 19.1 Å². The molecule has 4 rings (SSSR count). The molecule has 0 bridgehead atoms. The van der Waals surface area contributed by atoms with Gasteiger partial charge in [0.15, 0.2) is 0 Å². The molecule has 0 spiro atoms. The van der Waals surface area contributed by atoms with Crippen molar-refractivity contribution in [2.45, 2.75) is 52.7 Å². The number of hydrogen-bond donors (Lipinski definition) is 0. The van der Waals surface area contributed by atoms with Crippen LogP contribution in [0.5, 0.6) is 0 Å². The van der Waals surface area contributed by atoms with Gasteiger partial charge >= 0.3 is 224 Å². The topological polar surface area (TPSA) is 62.5 Å². The summed E-state index contributed by atoms with van der Waals surface area (Å²) in [4.78, 5) is 26.7. The van der Waals surface area contributed by atoms with Gasteiger partial charge < -0.3 is 0 Å². The molecule has 0 saturated heterocycles. The van der Waals surface area contributed by atoms with E-state index < -0.39 is 11.2 Å². The zero-order valence-electron chi connectivity index (χ0n) is 22.0. The van der Waals surface area contributed by atoms with Gasteiger partial charge in [0.05, 0.1) is 0 Å². The summed E-state index contributed by atoms with van der Waals surface area (Å²) in [5.74, 6) is -0.618. The number of aryl methyl sites for hydroxylation is 2. The van der Waals surface area contributed by atoms with Crippen molar-refractivity contribution in [1.29, 1.82) is 0 Å². The molecule has 0 unspecified atom stereocenters. The Balaban J connectivity index is 1.81. The van der Waals surface area contributed by atoms with Crippen molar-refractivity contribution in [2.75, 3.05) is 0 Å². The van der Waals surface area contributed by atoms with Crippen molar-refractivity contribution in [2.24, 2.45) is 14.1 Å². The average molecular weight is 618 g/mol. The molecule has 2 heterocycles. The second-order valence-electron chi connectivity index (χ2n) is 10.7. The van der Waals surface area contributed by atoms with Crippen LogP contribution in [-0.4, -0.2) is 58.5 Å². The molecule has 0 aliphatic heterocycles. The minimum atomic E-state index is -0.594. The molecular formula is C28H32N2O4Se2. The van der Waals surface area contributed by atoms with E-state index in [1.807, 2.05) is 104 Å². The van der Waals surface area contributed by atoms with Crippen LogP contribution in [0.15, 0.2) is 48.5 Å². The number of rotatable bonds is 5. The average Bonchev–Trinajstić information content (AvgIpc) is 3.21. The SMILES string of the molecule is Cn1c([Se][Se]c2c(C(=O)OC(C)(C)C)c3ccccc3n2C)c(C(=O)OC(C)(C)C)c2ccccc21. The molecule has 2 aromatic heterocycles. The Kier molecular flexibility index (Phi) is 7.20. The Bertz CT molecular complexity index is 1360. The van der Waals surface area contributed by atoms with Gasteiger partial charge in [0.1, 0.15) is 0 Å². The van der Waals surface area contributed by atoms with E-state index in [1.165, 1.54) is 0 Å². The number of aromatic nitrogens is 2. The predicted octanol–water partition coefficient (Wildman–Crippen LogP) is 3.85. The van der Waals surface area contributed by atoms with E-state index in [0.717, 1.165) is 31.0 Å². The first-order valence-electron chi connectivity index (χ1n) is 11.7. The monoisotopic (exact) mass is 620 g/mol. The molecule has 0 aliphatic carbocycles. The van der Waals surface area contributed by atoms with Crippen molar-refractivity contribution in [1.82, 2.24) is 9.13 Å². The quantitative estimate of drug-likeness (QED) is 0.252. The van der Waals surface area contributed by atoms with Crippen LogP contribution in [0, 0.1) is 0 Å².